The van der Waals surface area contributed by atoms with Crippen LogP contribution in [0.1, 0.15) is 44.5 Å². The van der Waals surface area contributed by atoms with E-state index in [-0.39, 0.29) is 0 Å². The van der Waals surface area contributed by atoms with Crippen LogP contribution in [0, 0.1) is 0 Å². The van der Waals surface area contributed by atoms with Crippen LogP contribution >= 0.6 is 11.8 Å². The quantitative estimate of drug-likeness (QED) is 0.175. The molecular weight excluding hydrogens is 879 g/mol. The molecule has 16 rings (SSSR count). The fourth-order valence-electron chi connectivity index (χ4n) is 13.6. The molecule has 1 aliphatic heterocycles. The lowest BCUT2D eigenvalue weighted by Gasteiger charge is -2.41. The first-order valence-corrected chi connectivity index (χ1v) is 25.4. The van der Waals surface area contributed by atoms with Crippen LogP contribution in [0.4, 0.5) is 17.1 Å². The van der Waals surface area contributed by atoms with Gasteiger partial charge in [0.05, 0.1) is 27.6 Å². The van der Waals surface area contributed by atoms with Gasteiger partial charge in [0.15, 0.2) is 0 Å². The average molecular weight is 920 g/mol. The van der Waals surface area contributed by atoms with Gasteiger partial charge in [0, 0.05) is 26.4 Å². The maximum absolute atomic E-state index is 6.77. The van der Waals surface area contributed by atoms with E-state index in [1.165, 1.54) is 98.8 Å². The summed E-state index contributed by atoms with van der Waals surface area (Å²) in [7, 11) is 0. The zero-order valence-electron chi connectivity index (χ0n) is 38.4. The van der Waals surface area contributed by atoms with Crippen molar-refractivity contribution in [2.24, 2.45) is 0 Å². The Morgan fingerprint density at radius 3 is 1.48 bits per heavy atom. The minimum atomic E-state index is -0.601. The molecular formula is C68H41NOS. The molecule has 3 heteroatoms. The summed E-state index contributed by atoms with van der Waals surface area (Å²) < 4.78 is 6.77. The van der Waals surface area contributed by atoms with Crippen LogP contribution in [0.15, 0.2) is 263 Å². The molecule has 0 saturated carbocycles. The number of rotatable bonds is 4. The third-order valence-electron chi connectivity index (χ3n) is 16.1. The third-order valence-corrected chi connectivity index (χ3v) is 17.4. The van der Waals surface area contributed by atoms with Crippen LogP contribution in [0.3, 0.4) is 0 Å². The monoisotopic (exact) mass is 919 g/mol. The first kappa shape index (κ1) is 39.2. The lowest BCUT2D eigenvalue weighted by molar-refractivity contribution is 0.669. The number of nitrogens with zero attached hydrogens (tertiary/aromatic N) is 1. The number of benzene rings is 11. The number of fused-ring (bicyclic) bond motifs is 22. The number of para-hydroxylation sites is 1. The zero-order valence-corrected chi connectivity index (χ0v) is 39.3. The highest BCUT2D eigenvalue weighted by Gasteiger charge is 2.54. The highest BCUT2D eigenvalue weighted by Crippen LogP contribution is 2.67. The van der Waals surface area contributed by atoms with Gasteiger partial charge < -0.3 is 9.32 Å². The number of hydrogen-bond acceptors (Lipinski definition) is 3. The summed E-state index contributed by atoms with van der Waals surface area (Å²) in [5.41, 5.74) is 24.4. The van der Waals surface area contributed by atoms with E-state index >= 15 is 0 Å². The van der Waals surface area contributed by atoms with Crippen molar-refractivity contribution in [2.75, 3.05) is 4.90 Å². The van der Waals surface area contributed by atoms with Gasteiger partial charge in [0.25, 0.3) is 0 Å². The maximum Gasteiger partial charge on any atom is 0.137 e. The summed E-state index contributed by atoms with van der Waals surface area (Å²) in [4.78, 5) is 5.14. The summed E-state index contributed by atoms with van der Waals surface area (Å²) in [6.45, 7) is 0. The summed E-state index contributed by atoms with van der Waals surface area (Å²) in [5, 5.41) is 2.18. The zero-order chi connectivity index (χ0) is 46.4. The molecule has 11 aromatic carbocycles. The van der Waals surface area contributed by atoms with Gasteiger partial charge in [0.1, 0.15) is 11.2 Å². The van der Waals surface area contributed by atoms with Gasteiger partial charge in [-0.3, -0.25) is 0 Å². The van der Waals surface area contributed by atoms with Crippen molar-refractivity contribution in [3.05, 3.63) is 293 Å². The molecule has 0 bridgehead atoms. The van der Waals surface area contributed by atoms with Crippen LogP contribution in [-0.2, 0) is 10.8 Å². The Hall–Kier alpha value is -8.63. The number of hydrogen-bond donors (Lipinski definition) is 0. The maximum atomic E-state index is 6.77. The van der Waals surface area contributed by atoms with Gasteiger partial charge in [-0.1, -0.05) is 218 Å². The number of furan rings is 1. The van der Waals surface area contributed by atoms with Crippen molar-refractivity contribution in [2.45, 2.75) is 20.6 Å². The van der Waals surface area contributed by atoms with Crippen molar-refractivity contribution in [3.63, 3.8) is 0 Å². The highest BCUT2D eigenvalue weighted by atomic mass is 32.2. The van der Waals surface area contributed by atoms with Gasteiger partial charge >= 0.3 is 0 Å². The Morgan fingerprint density at radius 2 is 0.817 bits per heavy atom. The largest absolute Gasteiger partial charge is 0.456 e. The normalized spacial score (nSPS) is 14.4. The van der Waals surface area contributed by atoms with Crippen molar-refractivity contribution >= 4 is 50.8 Å². The molecule has 0 fully saturated rings. The van der Waals surface area contributed by atoms with Crippen molar-refractivity contribution in [1.82, 2.24) is 0 Å². The molecule has 0 N–H and O–H groups in total. The Balaban J connectivity index is 1.07. The summed E-state index contributed by atoms with van der Waals surface area (Å²) in [6.07, 6.45) is 0. The van der Waals surface area contributed by atoms with Crippen LogP contribution in [-0.4, -0.2) is 0 Å². The molecule has 0 atom stereocenters. The smallest absolute Gasteiger partial charge is 0.137 e. The third kappa shape index (κ3) is 4.98. The van der Waals surface area contributed by atoms with Gasteiger partial charge in [-0.25, -0.2) is 0 Å². The SMILES string of the molecule is c1ccc(-c2cc(N(c3cccc4c3-c3ccccc3C43c4ccccc4-c4ccccc43)c3cccc4oc5ccccc5c34)cc3c2Sc2ccccc2C32c3ccccc3-c3ccccc32)cc1. The van der Waals surface area contributed by atoms with E-state index in [0.717, 1.165) is 39.0 Å². The summed E-state index contributed by atoms with van der Waals surface area (Å²) >= 11 is 1.91. The average Bonchev–Trinajstić information content (AvgIpc) is 4.15. The van der Waals surface area contributed by atoms with E-state index in [1.54, 1.807) is 0 Å². The van der Waals surface area contributed by atoms with Crippen LogP contribution in [0.2, 0.25) is 0 Å². The van der Waals surface area contributed by atoms with Gasteiger partial charge in [-0.2, -0.15) is 0 Å². The van der Waals surface area contributed by atoms with E-state index in [9.17, 15) is 0 Å². The van der Waals surface area contributed by atoms with Crippen molar-refractivity contribution in [3.8, 4) is 44.5 Å². The summed E-state index contributed by atoms with van der Waals surface area (Å²) in [5.74, 6) is 0. The molecule has 12 aromatic rings. The molecule has 0 amide bonds. The first-order chi connectivity index (χ1) is 35.2. The molecule has 330 valence electrons. The first-order valence-electron chi connectivity index (χ1n) is 24.6. The number of anilines is 3. The van der Waals surface area contributed by atoms with Crippen LogP contribution in [0.25, 0.3) is 66.4 Å². The topological polar surface area (TPSA) is 16.4 Å². The molecule has 4 aliphatic rings. The second-order valence-electron chi connectivity index (χ2n) is 19.3. The predicted molar refractivity (Wildman–Crippen MR) is 292 cm³/mol. The molecule has 3 aliphatic carbocycles. The Kier molecular flexibility index (Phi) is 7.99. The molecule has 0 unspecified atom stereocenters. The van der Waals surface area contributed by atoms with E-state index in [0.29, 0.717) is 0 Å². The lowest BCUT2D eigenvalue weighted by Crippen LogP contribution is -2.32. The van der Waals surface area contributed by atoms with Gasteiger partial charge in [-0.05, 0) is 126 Å². The fourth-order valence-corrected chi connectivity index (χ4v) is 14.9. The Bertz CT molecular complexity index is 4150. The van der Waals surface area contributed by atoms with E-state index in [4.69, 9.17) is 4.42 Å². The van der Waals surface area contributed by atoms with Crippen molar-refractivity contribution in [1.29, 1.82) is 0 Å². The fraction of sp³-hybridized carbons (Fsp3) is 0.0294. The van der Waals surface area contributed by atoms with Crippen LogP contribution in [0.5, 0.6) is 0 Å². The highest BCUT2D eigenvalue weighted by molar-refractivity contribution is 7.99. The van der Waals surface area contributed by atoms with Crippen LogP contribution < -0.4 is 4.90 Å². The molecule has 1 aromatic heterocycles. The van der Waals surface area contributed by atoms with E-state index in [2.05, 4.69) is 254 Å². The van der Waals surface area contributed by atoms with Gasteiger partial charge in [-0.15, -0.1) is 0 Å². The molecule has 71 heavy (non-hydrogen) atoms. The Morgan fingerprint density at radius 1 is 0.338 bits per heavy atom. The predicted octanol–water partition coefficient (Wildman–Crippen LogP) is 17.9. The second kappa shape index (κ2) is 14.5. The van der Waals surface area contributed by atoms with E-state index in [1.807, 2.05) is 11.8 Å². The van der Waals surface area contributed by atoms with Gasteiger partial charge in [0.2, 0.25) is 0 Å². The lowest BCUT2D eigenvalue weighted by atomic mass is 9.66. The minimum absolute atomic E-state index is 0.512. The van der Waals surface area contributed by atoms with Crippen molar-refractivity contribution < 1.29 is 4.42 Å². The molecule has 0 radical (unpaired) electrons. The molecule has 2 nitrogen and oxygen atoms in total. The molecule has 0 saturated heterocycles. The summed E-state index contributed by atoms with van der Waals surface area (Å²) in [6, 6.07) is 93.1. The second-order valence-corrected chi connectivity index (χ2v) is 20.4. The minimum Gasteiger partial charge on any atom is -0.456 e. The molecule has 2 heterocycles. The molecule has 2 spiro atoms. The Labute approximate surface area is 416 Å². The standard InChI is InChI=1S/C68H41NOS/c1-2-20-42(21-3-1)50-40-43(41-58-66(50)71-63-39-17-15-33-56(63)68(58)53-30-12-6-24-46(53)47-25-7-13-31-54(47)68)69(60-36-19-38-62-65(60)49-27-9-16-37-61(49)70-62)59-35-18-34-57-64(59)48-26-8-14-32-55(48)67(57)51-28-10-4-22-44(51)45-23-5-11-29-52(45)67/h1-41H. The van der Waals surface area contributed by atoms with E-state index < -0.39 is 10.8 Å².